The Balaban J connectivity index is 1.48. The van der Waals surface area contributed by atoms with Gasteiger partial charge >= 0.3 is 0 Å². The summed E-state index contributed by atoms with van der Waals surface area (Å²) in [6.45, 7) is 5.51. The highest BCUT2D eigenvalue weighted by Gasteiger charge is 2.29. The number of nitrogens with zero attached hydrogens (tertiary/aromatic N) is 4. The summed E-state index contributed by atoms with van der Waals surface area (Å²) in [6.07, 6.45) is 4.68. The fourth-order valence-electron chi connectivity index (χ4n) is 3.46. The van der Waals surface area contributed by atoms with E-state index in [0.717, 1.165) is 36.9 Å². The largest absolute Gasteiger partial charge is 0.456 e. The highest BCUT2D eigenvalue weighted by atomic mass is 16.5. The third kappa shape index (κ3) is 3.44. The molecule has 4 rings (SSSR count). The van der Waals surface area contributed by atoms with E-state index in [0.29, 0.717) is 25.5 Å². The Morgan fingerprint density at radius 3 is 2.85 bits per heavy atom. The topological polar surface area (TPSA) is 71.7 Å². The maximum absolute atomic E-state index is 12.7. The van der Waals surface area contributed by atoms with Crippen molar-refractivity contribution in [1.29, 1.82) is 0 Å². The van der Waals surface area contributed by atoms with Crippen molar-refractivity contribution in [3.63, 3.8) is 0 Å². The van der Waals surface area contributed by atoms with E-state index in [4.69, 9.17) is 14.1 Å². The summed E-state index contributed by atoms with van der Waals surface area (Å²) < 4.78 is 11.5. The maximum atomic E-state index is 12.7. The molecule has 0 saturated carbocycles. The Kier molecular flexibility index (Phi) is 4.88. The Labute approximate surface area is 153 Å². The van der Waals surface area contributed by atoms with E-state index in [1.165, 1.54) is 12.8 Å². The molecular weight excluding hydrogens is 332 g/mol. The Bertz CT molecular complexity index is 770. The number of amides is 1. The molecular formula is C19H24N4O3. The minimum absolute atomic E-state index is 0.0909. The lowest BCUT2D eigenvalue weighted by atomic mass is 10.2. The summed E-state index contributed by atoms with van der Waals surface area (Å²) in [5.74, 6) is 1.88. The number of carbonyl (C=O) groups excluding carboxylic acids is 1. The van der Waals surface area contributed by atoms with Crippen molar-refractivity contribution in [2.75, 3.05) is 37.7 Å². The Morgan fingerprint density at radius 1 is 1.23 bits per heavy atom. The van der Waals surface area contributed by atoms with Gasteiger partial charge in [0.2, 0.25) is 5.95 Å². The summed E-state index contributed by atoms with van der Waals surface area (Å²) in [5.41, 5.74) is 0.827. The zero-order valence-corrected chi connectivity index (χ0v) is 15.1. The molecule has 26 heavy (non-hydrogen) atoms. The fourth-order valence-corrected chi connectivity index (χ4v) is 3.46. The molecule has 7 heteroatoms. The van der Waals surface area contributed by atoms with Gasteiger partial charge in [-0.3, -0.25) is 4.79 Å². The normalized spacial score (nSPS) is 20.6. The van der Waals surface area contributed by atoms with Gasteiger partial charge in [-0.25, -0.2) is 9.97 Å². The molecule has 1 atom stereocenters. The molecule has 2 aromatic heterocycles. The average molecular weight is 356 g/mol. The van der Waals surface area contributed by atoms with Crippen molar-refractivity contribution < 1.29 is 13.9 Å². The molecule has 2 aliphatic heterocycles. The van der Waals surface area contributed by atoms with E-state index in [9.17, 15) is 4.79 Å². The molecule has 4 heterocycles. The number of ether oxygens (including phenoxy) is 1. The van der Waals surface area contributed by atoms with E-state index in [1.54, 1.807) is 17.2 Å². The standard InChI is InChI=1S/C19H24N4O3/c1-2-14-5-6-16(26-14)18(24)23-11-12-25-17(13-23)15-7-8-20-19(21-15)22-9-3-4-10-22/h5-8,17H,2-4,9-13H2,1H3/t17-/m1/s1. The van der Waals surface area contributed by atoms with Crippen LogP contribution in [0.4, 0.5) is 5.95 Å². The number of hydrogen-bond donors (Lipinski definition) is 0. The number of morpholine rings is 1. The number of anilines is 1. The van der Waals surface area contributed by atoms with E-state index in [1.807, 2.05) is 19.1 Å². The van der Waals surface area contributed by atoms with Crippen molar-refractivity contribution in [3.05, 3.63) is 41.6 Å². The first-order valence-electron chi connectivity index (χ1n) is 9.32. The van der Waals surface area contributed by atoms with Crippen LogP contribution in [0.3, 0.4) is 0 Å². The number of furan rings is 1. The number of aryl methyl sites for hydroxylation is 1. The third-order valence-corrected chi connectivity index (χ3v) is 4.96. The van der Waals surface area contributed by atoms with Gasteiger partial charge in [0.1, 0.15) is 11.9 Å². The number of hydrogen-bond acceptors (Lipinski definition) is 6. The second kappa shape index (κ2) is 7.45. The Hall–Kier alpha value is -2.41. The van der Waals surface area contributed by atoms with Crippen molar-refractivity contribution in [3.8, 4) is 0 Å². The van der Waals surface area contributed by atoms with E-state index < -0.39 is 0 Å². The second-order valence-corrected chi connectivity index (χ2v) is 6.71. The third-order valence-electron chi connectivity index (χ3n) is 4.96. The van der Waals surface area contributed by atoms with Gasteiger partial charge in [0.25, 0.3) is 5.91 Å². The van der Waals surface area contributed by atoms with Crippen molar-refractivity contribution >= 4 is 11.9 Å². The van der Waals surface area contributed by atoms with Crippen LogP contribution >= 0.6 is 0 Å². The quantitative estimate of drug-likeness (QED) is 0.838. The van der Waals surface area contributed by atoms with Gasteiger partial charge in [0.05, 0.1) is 18.8 Å². The minimum atomic E-state index is -0.238. The average Bonchev–Trinajstić information content (AvgIpc) is 3.39. The van der Waals surface area contributed by atoms with Gasteiger partial charge in [-0.05, 0) is 31.0 Å². The molecule has 1 amide bonds. The van der Waals surface area contributed by atoms with Crippen LogP contribution in [-0.2, 0) is 11.2 Å². The summed E-state index contributed by atoms with van der Waals surface area (Å²) in [6, 6.07) is 5.49. The SMILES string of the molecule is CCc1ccc(C(=O)N2CCO[C@@H](c3ccnc(N4CCCC4)n3)C2)o1. The molecule has 0 bridgehead atoms. The van der Waals surface area contributed by atoms with Crippen LogP contribution in [0.15, 0.2) is 28.8 Å². The van der Waals surface area contributed by atoms with E-state index in [2.05, 4.69) is 9.88 Å². The first-order valence-corrected chi connectivity index (χ1v) is 9.32. The predicted molar refractivity (Wildman–Crippen MR) is 96.2 cm³/mol. The highest BCUT2D eigenvalue weighted by molar-refractivity contribution is 5.91. The lowest BCUT2D eigenvalue weighted by Crippen LogP contribution is -2.42. The van der Waals surface area contributed by atoms with Crippen LogP contribution in [0.1, 0.15) is 47.9 Å². The van der Waals surface area contributed by atoms with Gasteiger partial charge in [-0.15, -0.1) is 0 Å². The fraction of sp³-hybridized carbons (Fsp3) is 0.526. The molecule has 0 N–H and O–H groups in total. The van der Waals surface area contributed by atoms with Gasteiger partial charge in [0.15, 0.2) is 5.76 Å². The molecule has 0 radical (unpaired) electrons. The van der Waals surface area contributed by atoms with Gasteiger partial charge in [-0.2, -0.15) is 0 Å². The minimum Gasteiger partial charge on any atom is -0.456 e. The van der Waals surface area contributed by atoms with Crippen LogP contribution in [0.25, 0.3) is 0 Å². The first kappa shape index (κ1) is 17.0. The summed E-state index contributed by atoms with van der Waals surface area (Å²) >= 11 is 0. The number of aromatic nitrogens is 2. The lowest BCUT2D eigenvalue weighted by Gasteiger charge is -2.32. The molecule has 0 spiro atoms. The molecule has 2 saturated heterocycles. The van der Waals surface area contributed by atoms with Gasteiger partial charge in [0, 0.05) is 32.3 Å². The van der Waals surface area contributed by atoms with Crippen LogP contribution < -0.4 is 4.90 Å². The zero-order valence-electron chi connectivity index (χ0n) is 15.1. The first-order chi connectivity index (χ1) is 12.7. The molecule has 2 fully saturated rings. The molecule has 2 aromatic rings. The summed E-state index contributed by atoms with van der Waals surface area (Å²) in [4.78, 5) is 25.8. The van der Waals surface area contributed by atoms with E-state index >= 15 is 0 Å². The van der Waals surface area contributed by atoms with Crippen LogP contribution in [-0.4, -0.2) is 53.6 Å². The van der Waals surface area contributed by atoms with E-state index in [-0.39, 0.29) is 12.0 Å². The van der Waals surface area contributed by atoms with Gasteiger partial charge in [-0.1, -0.05) is 6.92 Å². The van der Waals surface area contributed by atoms with Crippen molar-refractivity contribution in [1.82, 2.24) is 14.9 Å². The lowest BCUT2D eigenvalue weighted by molar-refractivity contribution is -0.0257. The molecule has 2 aliphatic rings. The molecule has 7 nitrogen and oxygen atoms in total. The highest BCUT2D eigenvalue weighted by Crippen LogP contribution is 2.24. The predicted octanol–water partition coefficient (Wildman–Crippen LogP) is 2.45. The monoisotopic (exact) mass is 356 g/mol. The molecule has 0 unspecified atom stereocenters. The number of rotatable bonds is 4. The second-order valence-electron chi connectivity index (χ2n) is 6.71. The van der Waals surface area contributed by atoms with Gasteiger partial charge < -0.3 is 19.0 Å². The zero-order chi connectivity index (χ0) is 17.9. The maximum Gasteiger partial charge on any atom is 0.289 e. The number of carbonyl (C=O) groups is 1. The molecule has 0 aromatic carbocycles. The van der Waals surface area contributed by atoms with Crippen LogP contribution in [0.5, 0.6) is 0 Å². The smallest absolute Gasteiger partial charge is 0.289 e. The Morgan fingerprint density at radius 2 is 2.08 bits per heavy atom. The van der Waals surface area contributed by atoms with Crippen molar-refractivity contribution in [2.45, 2.75) is 32.3 Å². The summed E-state index contributed by atoms with van der Waals surface area (Å²) in [5, 5.41) is 0. The molecule has 0 aliphatic carbocycles. The molecule has 138 valence electrons. The van der Waals surface area contributed by atoms with Crippen LogP contribution in [0.2, 0.25) is 0 Å². The van der Waals surface area contributed by atoms with Crippen LogP contribution in [0, 0.1) is 0 Å². The van der Waals surface area contributed by atoms with Crippen molar-refractivity contribution in [2.24, 2.45) is 0 Å². The summed E-state index contributed by atoms with van der Waals surface area (Å²) in [7, 11) is 0.